The molecule has 0 bridgehead atoms. The van der Waals surface area contributed by atoms with Crippen molar-refractivity contribution in [1.29, 1.82) is 0 Å². The fraction of sp³-hybridized carbons (Fsp3) is 0.882. The van der Waals surface area contributed by atoms with Crippen LogP contribution in [-0.4, -0.2) is 41.3 Å². The van der Waals surface area contributed by atoms with Gasteiger partial charge in [0.15, 0.2) is 0 Å². The third kappa shape index (κ3) is 3.55. The largest absolute Gasteiger partial charge is 0.459 e. The molecule has 2 atom stereocenters. The Morgan fingerprint density at radius 2 is 2.09 bits per heavy atom. The number of rotatable bonds is 2. The molecule has 1 spiro atoms. The molecule has 5 nitrogen and oxygen atoms in total. The first-order valence-corrected chi connectivity index (χ1v) is 8.31. The van der Waals surface area contributed by atoms with E-state index in [-0.39, 0.29) is 17.7 Å². The molecule has 0 aromatic carbocycles. The van der Waals surface area contributed by atoms with Crippen LogP contribution in [0, 0.1) is 5.41 Å². The van der Waals surface area contributed by atoms with Gasteiger partial charge in [-0.1, -0.05) is 13.3 Å². The summed E-state index contributed by atoms with van der Waals surface area (Å²) in [5.41, 5.74) is -1.45. The summed E-state index contributed by atoms with van der Waals surface area (Å²) in [4.78, 5) is 26.5. The van der Waals surface area contributed by atoms with Crippen molar-refractivity contribution in [3.63, 3.8) is 0 Å². The van der Waals surface area contributed by atoms with Gasteiger partial charge >= 0.3 is 12.1 Å². The van der Waals surface area contributed by atoms with Gasteiger partial charge in [-0.3, -0.25) is 4.79 Å². The van der Waals surface area contributed by atoms with Gasteiger partial charge in [-0.2, -0.15) is 0 Å². The van der Waals surface area contributed by atoms with Crippen LogP contribution in [0.25, 0.3) is 0 Å². The number of nitrogens with zero attached hydrogens (tertiary/aromatic N) is 1. The maximum absolute atomic E-state index is 12.5. The smallest absolute Gasteiger partial charge is 0.410 e. The van der Waals surface area contributed by atoms with Crippen LogP contribution in [0.4, 0.5) is 4.79 Å². The standard InChI is InChI=1S/C17H29NO4/c1-6-8-16(5)11-17(13(19)21-16)9-7-10-18(12-17)14(20)22-15(2,3)4/h6-12H2,1-5H3. The van der Waals surface area contributed by atoms with Gasteiger partial charge in [0.1, 0.15) is 11.2 Å². The number of carbonyl (C=O) groups is 2. The van der Waals surface area contributed by atoms with Crippen molar-refractivity contribution in [3.8, 4) is 0 Å². The number of amides is 1. The van der Waals surface area contributed by atoms with Crippen molar-refractivity contribution in [2.45, 2.75) is 77.9 Å². The van der Waals surface area contributed by atoms with E-state index in [1.807, 2.05) is 27.7 Å². The number of hydrogen-bond acceptors (Lipinski definition) is 4. The SMILES string of the molecule is CCCC1(C)CC2(CCCN(C(=O)OC(C)(C)C)C2)C(=O)O1. The molecule has 0 aromatic rings. The average Bonchev–Trinajstić information content (AvgIpc) is 2.58. The molecule has 0 aliphatic carbocycles. The molecule has 0 aromatic heterocycles. The number of carbonyl (C=O) groups excluding carboxylic acids is 2. The second kappa shape index (κ2) is 5.74. The van der Waals surface area contributed by atoms with E-state index in [0.717, 1.165) is 25.7 Å². The maximum atomic E-state index is 12.5. The third-order valence-electron chi connectivity index (χ3n) is 4.49. The summed E-state index contributed by atoms with van der Waals surface area (Å²) in [6.07, 6.45) is 3.83. The Kier molecular flexibility index (Phi) is 4.46. The molecule has 1 amide bonds. The van der Waals surface area contributed by atoms with Crippen molar-refractivity contribution in [2.75, 3.05) is 13.1 Å². The molecule has 0 radical (unpaired) electrons. The summed E-state index contributed by atoms with van der Waals surface area (Å²) in [7, 11) is 0. The summed E-state index contributed by atoms with van der Waals surface area (Å²) >= 11 is 0. The molecule has 2 aliphatic rings. The van der Waals surface area contributed by atoms with Crippen LogP contribution in [0.1, 0.15) is 66.7 Å². The minimum Gasteiger partial charge on any atom is -0.459 e. The Hall–Kier alpha value is -1.26. The van der Waals surface area contributed by atoms with E-state index in [4.69, 9.17) is 9.47 Å². The number of ether oxygens (including phenoxy) is 2. The van der Waals surface area contributed by atoms with Crippen LogP contribution < -0.4 is 0 Å². The number of hydrogen-bond donors (Lipinski definition) is 0. The van der Waals surface area contributed by atoms with E-state index in [0.29, 0.717) is 19.5 Å². The molecule has 2 aliphatic heterocycles. The Morgan fingerprint density at radius 3 is 2.68 bits per heavy atom. The van der Waals surface area contributed by atoms with Gasteiger partial charge in [0.05, 0.1) is 5.41 Å². The van der Waals surface area contributed by atoms with Gasteiger partial charge in [-0.15, -0.1) is 0 Å². The van der Waals surface area contributed by atoms with E-state index >= 15 is 0 Å². The second-order valence-corrected chi connectivity index (χ2v) is 8.05. The minimum absolute atomic E-state index is 0.142. The number of likely N-dealkylation sites (tertiary alicyclic amines) is 1. The van der Waals surface area contributed by atoms with Crippen LogP contribution in [0.5, 0.6) is 0 Å². The lowest BCUT2D eigenvalue weighted by molar-refractivity contribution is -0.155. The molecule has 5 heteroatoms. The highest BCUT2D eigenvalue weighted by molar-refractivity contribution is 5.81. The molecule has 2 rings (SSSR count). The topological polar surface area (TPSA) is 55.8 Å². The Morgan fingerprint density at radius 1 is 1.41 bits per heavy atom. The monoisotopic (exact) mass is 311 g/mol. The third-order valence-corrected chi connectivity index (χ3v) is 4.49. The quantitative estimate of drug-likeness (QED) is 0.732. The Balaban J connectivity index is 2.10. The molecule has 2 unspecified atom stereocenters. The first-order valence-electron chi connectivity index (χ1n) is 8.31. The van der Waals surface area contributed by atoms with E-state index in [2.05, 4.69) is 6.92 Å². The zero-order valence-corrected chi connectivity index (χ0v) is 14.5. The number of piperidine rings is 1. The molecule has 126 valence electrons. The number of esters is 1. The van der Waals surface area contributed by atoms with Crippen LogP contribution in [-0.2, 0) is 14.3 Å². The highest BCUT2D eigenvalue weighted by atomic mass is 16.6. The molecule has 0 N–H and O–H groups in total. The lowest BCUT2D eigenvalue weighted by Gasteiger charge is -2.38. The summed E-state index contributed by atoms with van der Waals surface area (Å²) in [6, 6.07) is 0. The fourth-order valence-electron chi connectivity index (χ4n) is 3.75. The fourth-order valence-corrected chi connectivity index (χ4v) is 3.75. The zero-order valence-electron chi connectivity index (χ0n) is 14.5. The molecule has 2 saturated heterocycles. The van der Waals surface area contributed by atoms with E-state index in [9.17, 15) is 9.59 Å². The highest BCUT2D eigenvalue weighted by Gasteiger charge is 2.56. The van der Waals surface area contributed by atoms with Crippen molar-refractivity contribution in [2.24, 2.45) is 5.41 Å². The van der Waals surface area contributed by atoms with E-state index in [1.165, 1.54) is 0 Å². The van der Waals surface area contributed by atoms with Gasteiger partial charge in [0.25, 0.3) is 0 Å². The van der Waals surface area contributed by atoms with Crippen molar-refractivity contribution >= 4 is 12.1 Å². The lowest BCUT2D eigenvalue weighted by Crippen LogP contribution is -2.49. The predicted molar refractivity (Wildman–Crippen MR) is 83.5 cm³/mol. The van der Waals surface area contributed by atoms with Gasteiger partial charge < -0.3 is 14.4 Å². The summed E-state index contributed by atoms with van der Waals surface area (Å²) in [5, 5.41) is 0. The summed E-state index contributed by atoms with van der Waals surface area (Å²) in [5.74, 6) is -0.142. The molecule has 22 heavy (non-hydrogen) atoms. The molecule has 0 saturated carbocycles. The van der Waals surface area contributed by atoms with E-state index < -0.39 is 11.0 Å². The predicted octanol–water partition coefficient (Wildman–Crippen LogP) is 3.51. The molecule has 2 heterocycles. The van der Waals surface area contributed by atoms with Crippen molar-refractivity contribution in [1.82, 2.24) is 4.90 Å². The van der Waals surface area contributed by atoms with Gasteiger partial charge in [-0.25, -0.2) is 4.79 Å². The Bertz CT molecular complexity index is 456. The highest BCUT2D eigenvalue weighted by Crippen LogP contribution is 2.48. The summed E-state index contributed by atoms with van der Waals surface area (Å²) < 4.78 is 11.1. The normalized spacial score (nSPS) is 32.2. The maximum Gasteiger partial charge on any atom is 0.410 e. The van der Waals surface area contributed by atoms with Gasteiger partial charge in [0.2, 0.25) is 0 Å². The average molecular weight is 311 g/mol. The zero-order chi connectivity index (χ0) is 16.6. The van der Waals surface area contributed by atoms with Crippen LogP contribution in [0.15, 0.2) is 0 Å². The second-order valence-electron chi connectivity index (χ2n) is 8.05. The van der Waals surface area contributed by atoms with Crippen LogP contribution >= 0.6 is 0 Å². The van der Waals surface area contributed by atoms with Crippen molar-refractivity contribution in [3.05, 3.63) is 0 Å². The van der Waals surface area contributed by atoms with E-state index in [1.54, 1.807) is 4.90 Å². The van der Waals surface area contributed by atoms with Gasteiger partial charge in [-0.05, 0) is 47.0 Å². The van der Waals surface area contributed by atoms with Crippen LogP contribution in [0.3, 0.4) is 0 Å². The van der Waals surface area contributed by atoms with Crippen LogP contribution in [0.2, 0.25) is 0 Å². The molecular formula is C17H29NO4. The first-order chi connectivity index (χ1) is 10.1. The lowest BCUT2D eigenvalue weighted by atomic mass is 9.74. The molecule has 2 fully saturated rings. The first kappa shape index (κ1) is 17.1. The van der Waals surface area contributed by atoms with Crippen molar-refractivity contribution < 1.29 is 19.1 Å². The van der Waals surface area contributed by atoms with Gasteiger partial charge in [0, 0.05) is 19.5 Å². The molecular weight excluding hydrogens is 282 g/mol. The minimum atomic E-state index is -0.543. The number of cyclic esters (lactones) is 1. The summed E-state index contributed by atoms with van der Waals surface area (Å²) in [6.45, 7) is 10.7. The Labute approximate surface area is 133 Å².